The lowest BCUT2D eigenvalue weighted by molar-refractivity contribution is 0.290. The molecule has 146 valence electrons. The average Bonchev–Trinajstić information content (AvgIpc) is 2.81. The van der Waals surface area contributed by atoms with Gasteiger partial charge in [-0.2, -0.15) is 0 Å². The van der Waals surface area contributed by atoms with Crippen LogP contribution in [0.25, 0.3) is 0 Å². The highest BCUT2D eigenvalue weighted by Gasteiger charge is 2.41. The summed E-state index contributed by atoms with van der Waals surface area (Å²) in [6.45, 7) is 5.20. The van der Waals surface area contributed by atoms with Gasteiger partial charge in [-0.25, -0.2) is 0 Å². The van der Waals surface area contributed by atoms with Crippen molar-refractivity contribution in [2.45, 2.75) is 44.4 Å². The lowest BCUT2D eigenvalue weighted by atomic mass is 9.81. The van der Waals surface area contributed by atoms with Gasteiger partial charge in [0.1, 0.15) is 11.4 Å². The highest BCUT2D eigenvalue weighted by atomic mass is 32.2. The molecule has 0 spiro atoms. The number of hydrogen-bond donors (Lipinski definition) is 1. The number of phenols is 1. The monoisotopic (exact) mass is 387 g/mol. The SMILES string of the molecule is CCCCC1(CC)CN(c2ccccc2)c2cc(OC)c(O)cc2[S+]([O-])C1. The van der Waals surface area contributed by atoms with E-state index >= 15 is 0 Å². The van der Waals surface area contributed by atoms with Gasteiger partial charge in [-0.05, 0) is 36.2 Å². The van der Waals surface area contributed by atoms with Gasteiger partial charge < -0.3 is 19.3 Å². The third-order valence-corrected chi connectivity index (χ3v) is 7.30. The largest absolute Gasteiger partial charge is 0.611 e. The summed E-state index contributed by atoms with van der Waals surface area (Å²) in [5.41, 5.74) is 1.90. The van der Waals surface area contributed by atoms with Crippen molar-refractivity contribution < 1.29 is 14.4 Å². The number of unbranched alkanes of at least 4 members (excludes halogenated alkanes) is 1. The molecule has 0 saturated heterocycles. The zero-order valence-corrected chi connectivity index (χ0v) is 17.2. The standard InChI is InChI=1S/C22H29NO3S/c1-4-6-12-22(5-2)15-23(17-10-8-7-9-11-17)18-13-20(26-3)19(24)14-21(18)27(25)16-22/h7-11,13-14,24H,4-6,12,15-16H2,1-3H3. The molecule has 3 rings (SSSR count). The Bertz CT molecular complexity index is 768. The number of phenolic OH excluding ortho intramolecular Hbond substituents is 1. The molecular weight excluding hydrogens is 358 g/mol. The van der Waals surface area contributed by atoms with E-state index in [2.05, 4.69) is 30.9 Å². The van der Waals surface area contributed by atoms with E-state index in [4.69, 9.17) is 4.74 Å². The number of hydrogen-bond acceptors (Lipinski definition) is 4. The molecule has 2 atom stereocenters. The first-order chi connectivity index (χ1) is 13.0. The van der Waals surface area contributed by atoms with E-state index in [1.165, 1.54) is 0 Å². The third kappa shape index (κ3) is 4.04. The second kappa shape index (κ2) is 8.44. The van der Waals surface area contributed by atoms with E-state index in [9.17, 15) is 9.66 Å². The molecule has 27 heavy (non-hydrogen) atoms. The van der Waals surface area contributed by atoms with Crippen molar-refractivity contribution in [3.05, 3.63) is 42.5 Å². The van der Waals surface area contributed by atoms with Crippen LogP contribution < -0.4 is 9.64 Å². The molecule has 2 aromatic carbocycles. The molecule has 0 aromatic heterocycles. The first-order valence-corrected chi connectivity index (χ1v) is 11.0. The number of anilines is 2. The van der Waals surface area contributed by atoms with Crippen LogP contribution in [0.2, 0.25) is 0 Å². The Morgan fingerprint density at radius 3 is 2.59 bits per heavy atom. The Labute approximate surface area is 165 Å². The Hall–Kier alpha value is -1.85. The Kier molecular flexibility index (Phi) is 6.22. The molecule has 0 bridgehead atoms. The molecule has 2 aromatic rings. The van der Waals surface area contributed by atoms with Gasteiger partial charge in [0.05, 0.1) is 7.11 Å². The van der Waals surface area contributed by atoms with Crippen LogP contribution in [0.3, 0.4) is 0 Å². The molecule has 0 fully saturated rings. The van der Waals surface area contributed by atoms with Crippen LogP contribution in [0.5, 0.6) is 11.5 Å². The summed E-state index contributed by atoms with van der Waals surface area (Å²) < 4.78 is 18.6. The zero-order chi connectivity index (χ0) is 19.4. The summed E-state index contributed by atoms with van der Waals surface area (Å²) in [5.74, 6) is 1.06. The molecule has 5 heteroatoms. The second-order valence-corrected chi connectivity index (χ2v) is 8.78. The fourth-order valence-electron chi connectivity index (χ4n) is 3.85. The fraction of sp³-hybridized carbons (Fsp3) is 0.455. The number of ether oxygens (including phenoxy) is 1. The van der Waals surface area contributed by atoms with Crippen molar-refractivity contribution in [1.82, 2.24) is 0 Å². The van der Waals surface area contributed by atoms with Crippen molar-refractivity contribution in [3.63, 3.8) is 0 Å². The topological polar surface area (TPSA) is 55.8 Å². The van der Waals surface area contributed by atoms with Gasteiger partial charge in [0.15, 0.2) is 16.4 Å². The van der Waals surface area contributed by atoms with Crippen molar-refractivity contribution in [1.29, 1.82) is 0 Å². The van der Waals surface area contributed by atoms with Crippen LogP contribution >= 0.6 is 0 Å². The van der Waals surface area contributed by atoms with Crippen LogP contribution in [-0.4, -0.2) is 29.1 Å². The smallest absolute Gasteiger partial charge is 0.180 e. The van der Waals surface area contributed by atoms with Gasteiger partial charge in [-0.1, -0.05) is 44.9 Å². The molecule has 1 aliphatic rings. The third-order valence-electron chi connectivity index (χ3n) is 5.61. The molecule has 1 heterocycles. The Morgan fingerprint density at radius 1 is 1.22 bits per heavy atom. The van der Waals surface area contributed by atoms with Crippen LogP contribution in [0.4, 0.5) is 11.4 Å². The minimum atomic E-state index is -1.18. The van der Waals surface area contributed by atoms with Crippen molar-refractivity contribution in [3.8, 4) is 11.5 Å². The summed E-state index contributed by atoms with van der Waals surface area (Å²) >= 11 is -1.18. The van der Waals surface area contributed by atoms with Gasteiger partial charge in [0.25, 0.3) is 0 Å². The molecule has 2 unspecified atom stereocenters. The number of rotatable bonds is 6. The van der Waals surface area contributed by atoms with Crippen LogP contribution in [0, 0.1) is 5.41 Å². The number of benzene rings is 2. The maximum atomic E-state index is 13.3. The average molecular weight is 388 g/mol. The Morgan fingerprint density at radius 2 is 1.96 bits per heavy atom. The zero-order valence-electron chi connectivity index (χ0n) is 16.4. The summed E-state index contributed by atoms with van der Waals surface area (Å²) in [7, 11) is 1.54. The molecular formula is C22H29NO3S. The summed E-state index contributed by atoms with van der Waals surface area (Å²) in [5, 5.41) is 10.3. The molecule has 0 saturated carbocycles. The normalized spacial score (nSPS) is 22.2. The van der Waals surface area contributed by atoms with E-state index in [-0.39, 0.29) is 11.2 Å². The van der Waals surface area contributed by atoms with Crippen molar-refractivity contribution >= 4 is 22.6 Å². The number of nitrogens with zero attached hydrogens (tertiary/aromatic N) is 1. The predicted octanol–water partition coefficient (Wildman–Crippen LogP) is 5.25. The van der Waals surface area contributed by atoms with E-state index in [1.807, 2.05) is 24.3 Å². The molecule has 1 aliphatic heterocycles. The van der Waals surface area contributed by atoms with Crippen LogP contribution in [0.1, 0.15) is 39.5 Å². The van der Waals surface area contributed by atoms with E-state index in [1.54, 1.807) is 13.2 Å². The number of para-hydroxylation sites is 1. The van der Waals surface area contributed by atoms with Gasteiger partial charge in [0, 0.05) is 29.8 Å². The fourth-order valence-corrected chi connectivity index (χ4v) is 5.65. The van der Waals surface area contributed by atoms with Gasteiger partial charge in [0.2, 0.25) is 0 Å². The van der Waals surface area contributed by atoms with Crippen molar-refractivity contribution in [2.24, 2.45) is 5.41 Å². The summed E-state index contributed by atoms with van der Waals surface area (Å²) in [4.78, 5) is 2.94. The lowest BCUT2D eigenvalue weighted by Gasteiger charge is -2.35. The minimum absolute atomic E-state index is 0.0292. The highest BCUT2D eigenvalue weighted by Crippen LogP contribution is 2.47. The Balaban J connectivity index is 2.15. The molecule has 0 radical (unpaired) electrons. The van der Waals surface area contributed by atoms with Gasteiger partial charge in [-0.15, -0.1) is 0 Å². The molecule has 1 N–H and O–H groups in total. The van der Waals surface area contributed by atoms with E-state index in [0.29, 0.717) is 16.4 Å². The number of methoxy groups -OCH3 is 1. The maximum Gasteiger partial charge on any atom is 0.180 e. The first kappa shape index (κ1) is 19.9. The van der Waals surface area contributed by atoms with E-state index < -0.39 is 11.2 Å². The summed E-state index contributed by atoms with van der Waals surface area (Å²) in [6, 6.07) is 13.6. The number of fused-ring (bicyclic) bond motifs is 1. The highest BCUT2D eigenvalue weighted by molar-refractivity contribution is 7.91. The van der Waals surface area contributed by atoms with Gasteiger partial charge in [-0.3, -0.25) is 0 Å². The van der Waals surface area contributed by atoms with Crippen molar-refractivity contribution in [2.75, 3.05) is 24.3 Å². The predicted molar refractivity (Wildman–Crippen MR) is 112 cm³/mol. The second-order valence-electron chi connectivity index (χ2n) is 7.36. The molecule has 0 aliphatic carbocycles. The van der Waals surface area contributed by atoms with E-state index in [0.717, 1.165) is 43.6 Å². The maximum absolute atomic E-state index is 13.3. The molecule has 4 nitrogen and oxygen atoms in total. The summed E-state index contributed by atoms with van der Waals surface area (Å²) in [6.07, 6.45) is 4.27. The van der Waals surface area contributed by atoms with Crippen LogP contribution in [-0.2, 0) is 11.2 Å². The molecule has 0 amide bonds. The minimum Gasteiger partial charge on any atom is -0.611 e. The lowest BCUT2D eigenvalue weighted by Crippen LogP contribution is -2.37. The van der Waals surface area contributed by atoms with Gasteiger partial charge >= 0.3 is 0 Å². The first-order valence-electron chi connectivity index (χ1n) is 9.65. The quantitative estimate of drug-likeness (QED) is 0.688. The number of aromatic hydroxyl groups is 1. The van der Waals surface area contributed by atoms with Crippen LogP contribution in [0.15, 0.2) is 47.4 Å².